The first-order chi connectivity index (χ1) is 18.6. The number of ether oxygens (including phenoxy) is 1. The molecule has 1 atom stereocenters. The summed E-state index contributed by atoms with van der Waals surface area (Å²) in [5, 5.41) is 11.8. The van der Waals surface area contributed by atoms with E-state index in [1.165, 1.54) is 0 Å². The molecule has 2 fully saturated rings. The lowest BCUT2D eigenvalue weighted by atomic mass is 10.0. The standard InChI is InChI=1S/C30H32N6O2/c1-19-9-12-22-23(6-2-8-25(22)35-27(37)17-20-10-11-20)28(19)38-29-24(7-4-15-32-29)26-13-16-33-30(36-26)34-21-5-3-14-31-18-21/h2,4,6-9,12-13,15-16,20-21,31H,3,5,10-11,14,17-18H2,1H3,(H,35,37)(H,33,34,36). The highest BCUT2D eigenvalue weighted by Gasteiger charge is 2.25. The second kappa shape index (κ2) is 10.8. The Morgan fingerprint density at radius 2 is 1.95 bits per heavy atom. The zero-order valence-electron chi connectivity index (χ0n) is 21.5. The van der Waals surface area contributed by atoms with Crippen molar-refractivity contribution in [2.45, 2.75) is 45.1 Å². The first-order valence-electron chi connectivity index (χ1n) is 13.4. The van der Waals surface area contributed by atoms with E-state index < -0.39 is 0 Å². The van der Waals surface area contributed by atoms with Gasteiger partial charge in [0.2, 0.25) is 17.7 Å². The van der Waals surface area contributed by atoms with Gasteiger partial charge in [0.05, 0.1) is 11.3 Å². The molecular formula is C30H32N6O2. The molecule has 3 heterocycles. The number of amides is 1. The number of carbonyl (C=O) groups excluding carboxylic acids is 1. The van der Waals surface area contributed by atoms with Gasteiger partial charge in [-0.3, -0.25) is 4.79 Å². The number of nitrogens with one attached hydrogen (secondary N) is 3. The normalized spacial score (nSPS) is 17.2. The monoisotopic (exact) mass is 508 g/mol. The molecule has 8 nitrogen and oxygen atoms in total. The number of rotatable bonds is 8. The fraction of sp³-hybridized carbons (Fsp3) is 0.333. The van der Waals surface area contributed by atoms with Crippen LogP contribution in [0, 0.1) is 12.8 Å². The molecule has 0 radical (unpaired) electrons. The number of carbonyl (C=O) groups is 1. The average Bonchev–Trinajstić information content (AvgIpc) is 3.75. The summed E-state index contributed by atoms with van der Waals surface area (Å²) in [6.07, 6.45) is 8.58. The number of pyridine rings is 1. The first kappa shape index (κ1) is 24.3. The molecule has 38 heavy (non-hydrogen) atoms. The summed E-state index contributed by atoms with van der Waals surface area (Å²) in [6, 6.07) is 16.0. The molecule has 1 aliphatic heterocycles. The van der Waals surface area contributed by atoms with E-state index in [0.29, 0.717) is 36.0 Å². The minimum absolute atomic E-state index is 0.0623. The number of benzene rings is 2. The van der Waals surface area contributed by atoms with Gasteiger partial charge in [-0.1, -0.05) is 24.3 Å². The van der Waals surface area contributed by atoms with Gasteiger partial charge in [0.1, 0.15) is 5.75 Å². The molecule has 1 saturated heterocycles. The quantitative estimate of drug-likeness (QED) is 0.281. The van der Waals surface area contributed by atoms with E-state index in [2.05, 4.69) is 25.9 Å². The van der Waals surface area contributed by atoms with Gasteiger partial charge in [-0.15, -0.1) is 0 Å². The molecule has 0 bridgehead atoms. The minimum atomic E-state index is 0.0623. The van der Waals surface area contributed by atoms with Crippen LogP contribution >= 0.6 is 0 Å². The Labute approximate surface area is 222 Å². The Morgan fingerprint density at radius 3 is 2.79 bits per heavy atom. The van der Waals surface area contributed by atoms with Gasteiger partial charge < -0.3 is 20.7 Å². The van der Waals surface area contributed by atoms with Crippen molar-refractivity contribution in [2.24, 2.45) is 5.92 Å². The Kier molecular flexibility index (Phi) is 6.88. The molecule has 3 N–H and O–H groups in total. The van der Waals surface area contributed by atoms with E-state index >= 15 is 0 Å². The highest BCUT2D eigenvalue weighted by molar-refractivity contribution is 6.04. The second-order valence-electron chi connectivity index (χ2n) is 10.2. The van der Waals surface area contributed by atoms with Crippen molar-refractivity contribution < 1.29 is 9.53 Å². The van der Waals surface area contributed by atoms with Crippen molar-refractivity contribution in [3.8, 4) is 22.9 Å². The third-order valence-electron chi connectivity index (χ3n) is 7.19. The number of aromatic nitrogens is 3. The fourth-order valence-corrected chi connectivity index (χ4v) is 4.97. The van der Waals surface area contributed by atoms with Gasteiger partial charge in [-0.2, -0.15) is 0 Å². The zero-order chi connectivity index (χ0) is 25.9. The summed E-state index contributed by atoms with van der Waals surface area (Å²) in [5.41, 5.74) is 3.29. The fourth-order valence-electron chi connectivity index (χ4n) is 4.97. The van der Waals surface area contributed by atoms with Crippen molar-refractivity contribution in [1.82, 2.24) is 20.3 Å². The van der Waals surface area contributed by atoms with Crippen LogP contribution in [0.1, 0.15) is 37.7 Å². The molecule has 2 aliphatic rings. The summed E-state index contributed by atoms with van der Waals surface area (Å²) >= 11 is 0. The molecule has 2 aromatic heterocycles. The highest BCUT2D eigenvalue weighted by atomic mass is 16.5. The summed E-state index contributed by atoms with van der Waals surface area (Å²) < 4.78 is 6.52. The smallest absolute Gasteiger partial charge is 0.228 e. The van der Waals surface area contributed by atoms with Crippen LogP contribution in [0.2, 0.25) is 0 Å². The Hall–Kier alpha value is -4.04. The van der Waals surface area contributed by atoms with Crippen LogP contribution in [0.3, 0.4) is 0 Å². The maximum Gasteiger partial charge on any atom is 0.228 e. The van der Waals surface area contributed by atoms with E-state index in [9.17, 15) is 4.79 Å². The third kappa shape index (κ3) is 5.45. The third-order valence-corrected chi connectivity index (χ3v) is 7.19. The molecule has 1 amide bonds. The molecular weight excluding hydrogens is 476 g/mol. The van der Waals surface area contributed by atoms with E-state index in [0.717, 1.165) is 72.1 Å². The van der Waals surface area contributed by atoms with Crippen molar-refractivity contribution in [1.29, 1.82) is 0 Å². The zero-order valence-corrected chi connectivity index (χ0v) is 21.5. The second-order valence-corrected chi connectivity index (χ2v) is 10.2. The summed E-state index contributed by atoms with van der Waals surface area (Å²) in [5.74, 6) is 2.37. The number of aryl methyl sites for hydroxylation is 1. The maximum atomic E-state index is 12.5. The van der Waals surface area contributed by atoms with Crippen molar-refractivity contribution in [3.05, 3.63) is 66.5 Å². The number of hydrogen-bond acceptors (Lipinski definition) is 7. The molecule has 8 heteroatoms. The lowest BCUT2D eigenvalue weighted by molar-refractivity contribution is -0.116. The van der Waals surface area contributed by atoms with Crippen molar-refractivity contribution in [3.63, 3.8) is 0 Å². The lowest BCUT2D eigenvalue weighted by Gasteiger charge is -2.23. The predicted molar refractivity (Wildman–Crippen MR) is 150 cm³/mol. The number of nitrogens with zero attached hydrogens (tertiary/aromatic N) is 3. The molecule has 194 valence electrons. The topological polar surface area (TPSA) is 101 Å². The van der Waals surface area contributed by atoms with E-state index in [1.807, 2.05) is 55.5 Å². The number of anilines is 2. The van der Waals surface area contributed by atoms with Gasteiger partial charge >= 0.3 is 0 Å². The lowest BCUT2D eigenvalue weighted by Crippen LogP contribution is -2.38. The van der Waals surface area contributed by atoms with Gasteiger partial charge in [-0.25, -0.2) is 15.0 Å². The summed E-state index contributed by atoms with van der Waals surface area (Å²) in [7, 11) is 0. The Morgan fingerprint density at radius 1 is 1.03 bits per heavy atom. The summed E-state index contributed by atoms with van der Waals surface area (Å²) in [4.78, 5) is 26.3. The van der Waals surface area contributed by atoms with Gasteiger partial charge in [0, 0.05) is 47.9 Å². The first-order valence-corrected chi connectivity index (χ1v) is 13.4. The SMILES string of the molecule is Cc1ccc2c(NC(=O)CC3CC3)cccc2c1Oc1ncccc1-c1ccnc(NC2CCCNC2)n1. The van der Waals surface area contributed by atoms with Crippen LogP contribution in [0.4, 0.5) is 11.6 Å². The molecule has 4 aromatic rings. The predicted octanol–water partition coefficient (Wildman–Crippen LogP) is 5.70. The highest BCUT2D eigenvalue weighted by Crippen LogP contribution is 2.39. The van der Waals surface area contributed by atoms with Gasteiger partial charge in [-0.05, 0) is 74.9 Å². The van der Waals surface area contributed by atoms with Crippen LogP contribution in [0.15, 0.2) is 60.9 Å². The van der Waals surface area contributed by atoms with Crippen molar-refractivity contribution in [2.75, 3.05) is 23.7 Å². The number of hydrogen-bond donors (Lipinski definition) is 3. The van der Waals surface area contributed by atoms with E-state index in [1.54, 1.807) is 12.4 Å². The van der Waals surface area contributed by atoms with Gasteiger partial charge in [0.25, 0.3) is 0 Å². The van der Waals surface area contributed by atoms with E-state index in [4.69, 9.17) is 9.72 Å². The maximum absolute atomic E-state index is 12.5. The molecule has 1 saturated carbocycles. The van der Waals surface area contributed by atoms with Crippen LogP contribution in [0.25, 0.3) is 22.0 Å². The largest absolute Gasteiger partial charge is 0.437 e. The average molecular weight is 509 g/mol. The molecule has 2 aromatic carbocycles. The van der Waals surface area contributed by atoms with Crippen LogP contribution in [0.5, 0.6) is 11.6 Å². The van der Waals surface area contributed by atoms with Crippen LogP contribution in [-0.4, -0.2) is 40.0 Å². The summed E-state index contributed by atoms with van der Waals surface area (Å²) in [6.45, 7) is 3.97. The van der Waals surface area contributed by atoms with Gasteiger partial charge in [0.15, 0.2) is 0 Å². The van der Waals surface area contributed by atoms with Crippen molar-refractivity contribution >= 4 is 28.3 Å². The number of piperidine rings is 1. The Bertz CT molecular complexity index is 1460. The van der Waals surface area contributed by atoms with E-state index in [-0.39, 0.29) is 5.91 Å². The minimum Gasteiger partial charge on any atom is -0.437 e. The molecule has 1 aliphatic carbocycles. The van der Waals surface area contributed by atoms with Crippen LogP contribution in [-0.2, 0) is 4.79 Å². The number of fused-ring (bicyclic) bond motifs is 1. The van der Waals surface area contributed by atoms with Crippen LogP contribution < -0.4 is 20.7 Å². The molecule has 1 unspecified atom stereocenters. The molecule has 0 spiro atoms. The Balaban J connectivity index is 1.30. The molecule has 6 rings (SSSR count).